The fourth-order valence-electron chi connectivity index (χ4n) is 2.79. The summed E-state index contributed by atoms with van der Waals surface area (Å²) in [5.74, 6) is -0.524. The number of aryl methyl sites for hydroxylation is 1. The van der Waals surface area contributed by atoms with E-state index < -0.39 is 5.91 Å². The van der Waals surface area contributed by atoms with Gasteiger partial charge >= 0.3 is 0 Å². The van der Waals surface area contributed by atoms with Gasteiger partial charge in [-0.1, -0.05) is 0 Å². The number of nitrogens with two attached hydrogens (primary N) is 1. The van der Waals surface area contributed by atoms with Crippen LogP contribution in [-0.4, -0.2) is 39.1 Å². The second-order valence-electron chi connectivity index (χ2n) is 5.60. The van der Waals surface area contributed by atoms with Crippen molar-refractivity contribution in [3.05, 3.63) is 39.8 Å². The molecule has 0 unspecified atom stereocenters. The maximum Gasteiger partial charge on any atom is 0.264 e. The van der Waals surface area contributed by atoms with Crippen LogP contribution < -0.4 is 5.73 Å². The van der Waals surface area contributed by atoms with Crippen molar-refractivity contribution in [1.29, 1.82) is 0 Å². The van der Waals surface area contributed by atoms with Crippen molar-refractivity contribution in [3.63, 3.8) is 0 Å². The minimum absolute atomic E-state index is 0.0242. The Morgan fingerprint density at radius 1 is 1.50 bits per heavy atom. The molecule has 0 bridgehead atoms. The van der Waals surface area contributed by atoms with E-state index in [1.165, 1.54) is 11.3 Å². The molecule has 22 heavy (non-hydrogen) atoms. The van der Waals surface area contributed by atoms with E-state index in [1.54, 1.807) is 11.4 Å². The Balaban J connectivity index is 1.74. The van der Waals surface area contributed by atoms with Crippen LogP contribution in [0, 0.1) is 6.92 Å². The molecule has 2 amide bonds. The lowest BCUT2D eigenvalue weighted by Crippen LogP contribution is -2.37. The van der Waals surface area contributed by atoms with Crippen molar-refractivity contribution in [2.24, 2.45) is 5.73 Å². The Kier molecular flexibility index (Phi) is 3.98. The molecule has 6 nitrogen and oxygen atoms in total. The van der Waals surface area contributed by atoms with Crippen LogP contribution in [-0.2, 0) is 6.54 Å². The van der Waals surface area contributed by atoms with Crippen molar-refractivity contribution in [1.82, 2.24) is 14.7 Å². The molecule has 3 heterocycles. The zero-order valence-corrected chi connectivity index (χ0v) is 13.2. The average Bonchev–Trinajstić information content (AvgIpc) is 3.19. The molecule has 0 saturated carbocycles. The number of likely N-dealkylation sites (tertiary alicyclic amines) is 1. The van der Waals surface area contributed by atoms with Crippen LogP contribution in [0.5, 0.6) is 0 Å². The number of hydrogen-bond acceptors (Lipinski definition) is 4. The number of nitrogens with zero attached hydrogens (tertiary/aromatic N) is 3. The number of hydrogen-bond donors (Lipinski definition) is 1. The number of aromatic nitrogens is 2. The molecule has 2 N–H and O–H groups in total. The first-order valence-electron chi connectivity index (χ1n) is 7.23. The van der Waals surface area contributed by atoms with E-state index in [0.717, 1.165) is 24.9 Å². The molecule has 116 valence electrons. The lowest BCUT2D eigenvalue weighted by atomic mass is 10.2. The highest BCUT2D eigenvalue weighted by Gasteiger charge is 2.30. The maximum absolute atomic E-state index is 12.6. The Morgan fingerprint density at radius 3 is 2.95 bits per heavy atom. The number of amides is 2. The summed E-state index contributed by atoms with van der Waals surface area (Å²) >= 11 is 1.27. The van der Waals surface area contributed by atoms with Gasteiger partial charge < -0.3 is 10.6 Å². The summed E-state index contributed by atoms with van der Waals surface area (Å²) in [5.41, 5.74) is 6.75. The third kappa shape index (κ3) is 2.89. The Bertz CT molecular complexity index is 706. The number of carbonyl (C=O) groups excluding carboxylic acids is 2. The lowest BCUT2D eigenvalue weighted by molar-refractivity contribution is 0.0726. The van der Waals surface area contributed by atoms with E-state index in [4.69, 9.17) is 5.73 Å². The number of thiophene rings is 1. The standard InChI is InChI=1S/C15H18N4O2S/c1-10-6-17-18(7-10)8-12-3-2-4-19(12)15(21)13-5-11(9-22-13)14(16)20/h5-7,9,12H,2-4,8H2,1H3,(H2,16,20)/t12-/m0/s1. The van der Waals surface area contributed by atoms with E-state index in [2.05, 4.69) is 5.10 Å². The maximum atomic E-state index is 12.6. The van der Waals surface area contributed by atoms with Gasteiger partial charge in [0, 0.05) is 18.1 Å². The first kappa shape index (κ1) is 14.8. The third-order valence-electron chi connectivity index (χ3n) is 3.89. The van der Waals surface area contributed by atoms with E-state index in [-0.39, 0.29) is 11.9 Å². The summed E-state index contributed by atoms with van der Waals surface area (Å²) in [6.45, 7) is 3.44. The Hall–Kier alpha value is -2.15. The van der Waals surface area contributed by atoms with Crippen LogP contribution in [0.1, 0.15) is 38.4 Å². The monoisotopic (exact) mass is 318 g/mol. The topological polar surface area (TPSA) is 81.2 Å². The largest absolute Gasteiger partial charge is 0.366 e. The minimum atomic E-state index is -0.500. The van der Waals surface area contributed by atoms with Crippen molar-refractivity contribution in [2.75, 3.05) is 6.54 Å². The smallest absolute Gasteiger partial charge is 0.264 e. The first-order valence-corrected chi connectivity index (χ1v) is 8.11. The molecule has 1 fully saturated rings. The van der Waals surface area contributed by atoms with Crippen molar-refractivity contribution in [3.8, 4) is 0 Å². The van der Waals surface area contributed by atoms with Gasteiger partial charge in [-0.25, -0.2) is 0 Å². The highest BCUT2D eigenvalue weighted by atomic mass is 32.1. The van der Waals surface area contributed by atoms with E-state index in [1.807, 2.05) is 28.9 Å². The Labute approximate surface area is 132 Å². The van der Waals surface area contributed by atoms with Gasteiger partial charge in [-0.3, -0.25) is 14.3 Å². The second kappa shape index (κ2) is 5.92. The molecular formula is C15H18N4O2S. The van der Waals surface area contributed by atoms with E-state index in [9.17, 15) is 9.59 Å². The summed E-state index contributed by atoms with van der Waals surface area (Å²) < 4.78 is 1.88. The lowest BCUT2D eigenvalue weighted by Gasteiger charge is -2.24. The molecule has 7 heteroatoms. The van der Waals surface area contributed by atoms with Crippen molar-refractivity contribution >= 4 is 23.2 Å². The molecule has 2 aromatic rings. The van der Waals surface area contributed by atoms with Gasteiger partial charge in [0.1, 0.15) is 0 Å². The zero-order chi connectivity index (χ0) is 15.7. The highest BCUT2D eigenvalue weighted by molar-refractivity contribution is 7.12. The molecule has 0 radical (unpaired) electrons. The third-order valence-corrected chi connectivity index (χ3v) is 4.81. The zero-order valence-electron chi connectivity index (χ0n) is 12.4. The molecule has 2 aromatic heterocycles. The van der Waals surface area contributed by atoms with Gasteiger partial charge in [-0.2, -0.15) is 5.10 Å². The number of primary amides is 1. The second-order valence-corrected chi connectivity index (χ2v) is 6.51. The SMILES string of the molecule is Cc1cnn(C[C@@H]2CCCN2C(=O)c2cc(C(N)=O)cs2)c1. The van der Waals surface area contributed by atoms with Crippen LogP contribution in [0.15, 0.2) is 23.8 Å². The van der Waals surface area contributed by atoms with Gasteiger partial charge in [-0.15, -0.1) is 11.3 Å². The van der Waals surface area contributed by atoms with Gasteiger partial charge in [0.15, 0.2) is 0 Å². The van der Waals surface area contributed by atoms with Crippen LogP contribution in [0.4, 0.5) is 0 Å². The van der Waals surface area contributed by atoms with Crippen LogP contribution in [0.25, 0.3) is 0 Å². The molecule has 0 aromatic carbocycles. The van der Waals surface area contributed by atoms with Gasteiger partial charge in [-0.05, 0) is 31.4 Å². The summed E-state index contributed by atoms with van der Waals surface area (Å²) in [6, 6.07) is 1.73. The summed E-state index contributed by atoms with van der Waals surface area (Å²) in [6.07, 6.45) is 5.76. The molecule has 1 saturated heterocycles. The van der Waals surface area contributed by atoms with E-state index >= 15 is 0 Å². The van der Waals surface area contributed by atoms with Gasteiger partial charge in [0.25, 0.3) is 5.91 Å². The number of rotatable bonds is 4. The normalized spacial score (nSPS) is 17.9. The van der Waals surface area contributed by atoms with Crippen LogP contribution in [0.3, 0.4) is 0 Å². The van der Waals surface area contributed by atoms with Gasteiger partial charge in [0.2, 0.25) is 5.91 Å². The van der Waals surface area contributed by atoms with Gasteiger partial charge in [0.05, 0.1) is 29.2 Å². The summed E-state index contributed by atoms with van der Waals surface area (Å²) in [4.78, 5) is 26.3. The average molecular weight is 318 g/mol. The molecule has 3 rings (SSSR count). The molecule has 0 spiro atoms. The fourth-order valence-corrected chi connectivity index (χ4v) is 3.65. The highest BCUT2D eigenvalue weighted by Crippen LogP contribution is 2.24. The fraction of sp³-hybridized carbons (Fsp3) is 0.400. The quantitative estimate of drug-likeness (QED) is 0.931. The van der Waals surface area contributed by atoms with Crippen molar-refractivity contribution in [2.45, 2.75) is 32.4 Å². The molecular weight excluding hydrogens is 300 g/mol. The molecule has 1 aliphatic heterocycles. The summed E-state index contributed by atoms with van der Waals surface area (Å²) in [7, 11) is 0. The van der Waals surface area contributed by atoms with Crippen molar-refractivity contribution < 1.29 is 9.59 Å². The molecule has 0 aliphatic carbocycles. The van der Waals surface area contributed by atoms with Crippen LogP contribution >= 0.6 is 11.3 Å². The predicted molar refractivity (Wildman–Crippen MR) is 83.9 cm³/mol. The minimum Gasteiger partial charge on any atom is -0.366 e. The summed E-state index contributed by atoms with van der Waals surface area (Å²) in [5, 5.41) is 5.93. The van der Waals surface area contributed by atoms with E-state index in [0.29, 0.717) is 17.0 Å². The number of carbonyl (C=O) groups is 2. The first-order chi connectivity index (χ1) is 10.5. The molecule has 1 aliphatic rings. The Morgan fingerprint density at radius 2 is 2.32 bits per heavy atom. The predicted octanol–water partition coefficient (Wildman–Crippen LogP) is 1.66. The van der Waals surface area contributed by atoms with Crippen LogP contribution in [0.2, 0.25) is 0 Å². The molecule has 1 atom stereocenters.